The average molecular weight is 1220 g/mol. The van der Waals surface area contributed by atoms with Crippen molar-refractivity contribution in [3.05, 3.63) is 12.2 Å². The highest BCUT2D eigenvalue weighted by Gasteiger charge is 2.45. The summed E-state index contributed by atoms with van der Waals surface area (Å²) in [7, 11) is 8.15. The molecule has 1 rings (SSSR count). The van der Waals surface area contributed by atoms with Crippen LogP contribution in [0.4, 0.5) is 0 Å². The number of carbonyl (C=O) groups excluding carboxylic acids is 11. The van der Waals surface area contributed by atoms with Gasteiger partial charge in [-0.1, -0.05) is 102 Å². The van der Waals surface area contributed by atoms with Gasteiger partial charge in [-0.15, -0.1) is 0 Å². The molecule has 1 heterocycles. The van der Waals surface area contributed by atoms with E-state index in [0.717, 1.165) is 14.7 Å². The summed E-state index contributed by atoms with van der Waals surface area (Å²) in [5.74, 6) is -10.4. The Kier molecular flexibility index (Phi) is 32.2. The third-order valence-corrected chi connectivity index (χ3v) is 15.7. The van der Waals surface area contributed by atoms with Gasteiger partial charge in [0.25, 0.3) is 0 Å². The van der Waals surface area contributed by atoms with Crippen molar-refractivity contribution in [1.29, 1.82) is 0 Å². The second-order valence-corrected chi connectivity index (χ2v) is 26.4. The van der Waals surface area contributed by atoms with E-state index in [2.05, 4.69) is 26.6 Å². The number of aliphatic hydroxyl groups is 2. The second kappa shape index (κ2) is 35.6. The van der Waals surface area contributed by atoms with Gasteiger partial charge in [-0.2, -0.15) is 0 Å². The fourth-order valence-electron chi connectivity index (χ4n) is 10.6. The normalized spacial score (nSPS) is 27.0. The number of likely N-dealkylation sites (N-methyl/N-ethyl adjacent to an activating group) is 6. The van der Waals surface area contributed by atoms with Crippen LogP contribution in [0.15, 0.2) is 12.2 Å². The van der Waals surface area contributed by atoms with Crippen LogP contribution in [0.25, 0.3) is 0 Å². The molecular formula is C62H111N11O13. The number of carbonyl (C=O) groups is 11. The Morgan fingerprint density at radius 2 is 0.826 bits per heavy atom. The standard InChI is InChI=1S/C62H111N11O13/c1-24-25-26-39(14)52(76)51-57(81)67-49(42(17)74)61(85)68(18)32-48(75)69(19)45(29-35(6)7)55(79)65-43(27-33(2)3)59(83)71(21)46(30-36(8)9)54(78)63-40(15)53(77)64-41(16)58(82)70(20)47(31-37(10)11)56(80)66-44(28-34(4)5)60(84)72(22)50(38(12)13)62(86)73(51)23/h24-25,33-47,49-52,74,76H,26-32H2,1-23H3,(H,63,78)(H,64,77)(H,65,79)(H,66,80)(H,67,81)/t39-,40+,41-,42-,43+,44+,45+,46+,47+,49+,50+,51+,52-/m1/s1. The zero-order valence-electron chi connectivity index (χ0n) is 56.1. The van der Waals surface area contributed by atoms with E-state index >= 15 is 4.79 Å². The molecule has 0 aliphatic carbocycles. The van der Waals surface area contributed by atoms with Gasteiger partial charge in [0.2, 0.25) is 65.0 Å². The fraction of sp³-hybridized carbons (Fsp3) is 0.790. The third kappa shape index (κ3) is 22.8. The highest BCUT2D eigenvalue weighted by molar-refractivity contribution is 5.99. The van der Waals surface area contributed by atoms with Crippen molar-refractivity contribution in [2.45, 2.75) is 229 Å². The summed E-state index contributed by atoms with van der Waals surface area (Å²) in [6, 6.07) is -13.2. The number of rotatable bonds is 16. The van der Waals surface area contributed by atoms with Crippen molar-refractivity contribution in [3.8, 4) is 0 Å². The number of allylic oxidation sites excluding steroid dienone is 2. The molecule has 86 heavy (non-hydrogen) atoms. The first-order chi connectivity index (χ1) is 39.6. The van der Waals surface area contributed by atoms with Gasteiger partial charge in [0.1, 0.15) is 60.4 Å². The quantitative estimate of drug-likeness (QED) is 0.109. The summed E-state index contributed by atoms with van der Waals surface area (Å²) >= 11 is 0. The Hall–Kier alpha value is -6.17. The Morgan fingerprint density at radius 3 is 1.23 bits per heavy atom. The summed E-state index contributed by atoms with van der Waals surface area (Å²) in [6.45, 7) is 28.7. The van der Waals surface area contributed by atoms with Gasteiger partial charge >= 0.3 is 0 Å². The largest absolute Gasteiger partial charge is 0.391 e. The number of nitrogens with one attached hydrogen (secondary N) is 5. The molecule has 0 aromatic heterocycles. The zero-order valence-corrected chi connectivity index (χ0v) is 56.1. The van der Waals surface area contributed by atoms with E-state index in [0.29, 0.717) is 0 Å². The van der Waals surface area contributed by atoms with Crippen molar-refractivity contribution in [1.82, 2.24) is 56.0 Å². The first-order valence-corrected chi connectivity index (χ1v) is 30.7. The molecule has 0 spiro atoms. The maximum atomic E-state index is 15.1. The van der Waals surface area contributed by atoms with Gasteiger partial charge in [-0.05, 0) is 108 Å². The van der Waals surface area contributed by atoms with Gasteiger partial charge in [0.05, 0.1) is 18.8 Å². The number of nitrogens with zero attached hydrogens (tertiary/aromatic N) is 6. The molecule has 11 amide bonds. The molecule has 1 fully saturated rings. The molecule has 24 nitrogen and oxygen atoms in total. The zero-order chi connectivity index (χ0) is 66.7. The van der Waals surface area contributed by atoms with E-state index in [1.165, 1.54) is 77.8 Å². The third-order valence-electron chi connectivity index (χ3n) is 15.7. The van der Waals surface area contributed by atoms with Crippen molar-refractivity contribution < 1.29 is 63.0 Å². The fourth-order valence-corrected chi connectivity index (χ4v) is 10.6. The van der Waals surface area contributed by atoms with Crippen LogP contribution >= 0.6 is 0 Å². The molecule has 1 aliphatic rings. The van der Waals surface area contributed by atoms with Crippen molar-refractivity contribution in [2.24, 2.45) is 41.4 Å². The molecule has 1 aliphatic heterocycles. The average Bonchev–Trinajstić information content (AvgIpc) is 2.17. The van der Waals surface area contributed by atoms with Crippen molar-refractivity contribution in [3.63, 3.8) is 0 Å². The number of aliphatic hydroxyl groups excluding tert-OH is 2. The van der Waals surface area contributed by atoms with Gasteiger partial charge in [0.15, 0.2) is 0 Å². The first-order valence-electron chi connectivity index (χ1n) is 30.7. The molecule has 1 saturated heterocycles. The Labute approximate surface area is 513 Å². The summed E-state index contributed by atoms with van der Waals surface area (Å²) in [5, 5.41) is 36.8. The molecule has 0 aromatic rings. The minimum atomic E-state index is -1.74. The molecule has 492 valence electrons. The lowest BCUT2D eigenvalue weighted by molar-refractivity contribution is -0.155. The summed E-state index contributed by atoms with van der Waals surface area (Å²) in [4.78, 5) is 166. The predicted molar refractivity (Wildman–Crippen MR) is 330 cm³/mol. The summed E-state index contributed by atoms with van der Waals surface area (Å²) in [6.07, 6.45) is 1.20. The molecule has 0 saturated carbocycles. The van der Waals surface area contributed by atoms with Crippen LogP contribution in [-0.4, -0.2) is 226 Å². The molecule has 7 N–H and O–H groups in total. The smallest absolute Gasteiger partial charge is 0.248 e. The van der Waals surface area contributed by atoms with Crippen LogP contribution < -0.4 is 26.6 Å². The SMILES string of the molecule is CC=CC[C@@H](C)[C@@H](O)[C@H]1C(=O)N[C@@H]([C@@H](C)O)C(=O)N(C)CC(=O)N(C)[C@@H](CC(C)C)C(=O)N[C@@H](CC(C)C)C(=O)N(C)[C@@H](CC(C)C)C(=O)N[C@@H](C)C(=O)N[C@H](C)C(=O)N(C)[C@@H](CC(C)C)C(=O)N[C@@H](CC(C)C)C(=O)N(C)[C@@H](C(C)C)C(=O)N1C. The van der Waals surface area contributed by atoms with Crippen LogP contribution in [0.1, 0.15) is 156 Å². The molecule has 24 heteroatoms. The van der Waals surface area contributed by atoms with Gasteiger partial charge in [-0.3, -0.25) is 52.7 Å². The minimum Gasteiger partial charge on any atom is -0.391 e. The highest BCUT2D eigenvalue weighted by atomic mass is 16.3. The van der Waals surface area contributed by atoms with Crippen LogP contribution in [-0.2, 0) is 52.7 Å². The van der Waals surface area contributed by atoms with Gasteiger partial charge < -0.3 is 66.2 Å². The van der Waals surface area contributed by atoms with Gasteiger partial charge in [-0.25, -0.2) is 0 Å². The lowest BCUT2D eigenvalue weighted by atomic mass is 9.91. The minimum absolute atomic E-state index is 0.0945. The van der Waals surface area contributed by atoms with Crippen LogP contribution in [0.3, 0.4) is 0 Å². The maximum absolute atomic E-state index is 15.1. The Bertz CT molecular complexity index is 2340. The van der Waals surface area contributed by atoms with Crippen LogP contribution in [0.2, 0.25) is 0 Å². The lowest BCUT2D eigenvalue weighted by Gasteiger charge is -2.40. The molecule has 0 aromatic carbocycles. The maximum Gasteiger partial charge on any atom is 0.248 e. The van der Waals surface area contributed by atoms with E-state index in [4.69, 9.17) is 0 Å². The molecule has 0 bridgehead atoms. The monoisotopic (exact) mass is 1220 g/mol. The Balaban J connectivity index is 4.33. The number of hydrogen-bond acceptors (Lipinski definition) is 13. The van der Waals surface area contributed by atoms with Crippen molar-refractivity contribution >= 4 is 65.0 Å². The molecule has 0 radical (unpaired) electrons. The van der Waals surface area contributed by atoms with E-state index in [9.17, 15) is 58.2 Å². The summed E-state index contributed by atoms with van der Waals surface area (Å²) in [5.41, 5.74) is 0. The van der Waals surface area contributed by atoms with E-state index in [1.54, 1.807) is 39.8 Å². The molecule has 0 unspecified atom stereocenters. The molecule has 13 atom stereocenters. The van der Waals surface area contributed by atoms with E-state index < -0.39 is 156 Å². The van der Waals surface area contributed by atoms with E-state index in [-0.39, 0.29) is 68.1 Å². The predicted octanol–water partition coefficient (Wildman–Crippen LogP) is 2.29. The van der Waals surface area contributed by atoms with Crippen molar-refractivity contribution in [2.75, 3.05) is 48.8 Å². The van der Waals surface area contributed by atoms with Crippen LogP contribution in [0, 0.1) is 41.4 Å². The van der Waals surface area contributed by atoms with Crippen LogP contribution in [0.5, 0.6) is 0 Å². The summed E-state index contributed by atoms with van der Waals surface area (Å²) < 4.78 is 0. The van der Waals surface area contributed by atoms with Gasteiger partial charge in [0, 0.05) is 42.3 Å². The second-order valence-electron chi connectivity index (χ2n) is 26.4. The lowest BCUT2D eigenvalue weighted by Crippen LogP contribution is -2.64. The number of hydrogen-bond donors (Lipinski definition) is 7. The van der Waals surface area contributed by atoms with E-state index in [1.807, 2.05) is 69.2 Å². The topological polar surface area (TPSA) is 308 Å². The Morgan fingerprint density at radius 1 is 0.442 bits per heavy atom. The molecular weight excluding hydrogens is 1110 g/mol. The number of amides is 11. The first kappa shape index (κ1) is 77.8. The highest BCUT2D eigenvalue weighted by Crippen LogP contribution is 2.24.